The minimum absolute atomic E-state index is 0.00694. The van der Waals surface area contributed by atoms with Gasteiger partial charge in [0.25, 0.3) is 0 Å². The van der Waals surface area contributed by atoms with E-state index in [0.717, 1.165) is 10.6 Å². The molecular formula is C14H12F6N4. The van der Waals surface area contributed by atoms with Gasteiger partial charge in [0.1, 0.15) is 0 Å². The van der Waals surface area contributed by atoms with Gasteiger partial charge in [0.2, 0.25) is 5.82 Å². The van der Waals surface area contributed by atoms with Crippen molar-refractivity contribution in [1.29, 1.82) is 0 Å². The van der Waals surface area contributed by atoms with Crippen molar-refractivity contribution in [3.8, 4) is 0 Å². The van der Waals surface area contributed by atoms with Gasteiger partial charge in [-0.25, -0.2) is 0 Å². The van der Waals surface area contributed by atoms with E-state index >= 15 is 0 Å². The van der Waals surface area contributed by atoms with Crippen LogP contribution in [-0.4, -0.2) is 21.3 Å². The van der Waals surface area contributed by atoms with Crippen LogP contribution in [0.5, 0.6) is 0 Å². The van der Waals surface area contributed by atoms with Crippen molar-refractivity contribution < 1.29 is 26.3 Å². The lowest BCUT2D eigenvalue weighted by atomic mass is 9.98. The summed E-state index contributed by atoms with van der Waals surface area (Å²) in [6.07, 6.45) is -9.32. The quantitative estimate of drug-likeness (QED) is 0.846. The van der Waals surface area contributed by atoms with Crippen LogP contribution in [0.4, 0.5) is 26.3 Å². The van der Waals surface area contributed by atoms with E-state index in [1.54, 1.807) is 0 Å². The largest absolute Gasteiger partial charge is 0.451 e. The van der Waals surface area contributed by atoms with Crippen molar-refractivity contribution in [2.45, 2.75) is 31.4 Å². The summed E-state index contributed by atoms with van der Waals surface area (Å²) in [5.74, 6) is -1.14. The summed E-state index contributed by atoms with van der Waals surface area (Å²) in [6.45, 7) is 0.196. The second kappa shape index (κ2) is 5.76. The van der Waals surface area contributed by atoms with Crippen LogP contribution in [0.2, 0.25) is 0 Å². The number of fused-ring (bicyclic) bond motifs is 1. The molecule has 10 heteroatoms. The molecule has 1 N–H and O–H groups in total. The number of alkyl halides is 6. The molecule has 1 aromatic heterocycles. The lowest BCUT2D eigenvalue weighted by molar-refractivity contribution is -0.147. The number of nitrogens with zero attached hydrogens (tertiary/aromatic N) is 3. The van der Waals surface area contributed by atoms with Crippen molar-refractivity contribution in [3.05, 3.63) is 47.0 Å². The fraction of sp³-hybridized carbons (Fsp3) is 0.429. The summed E-state index contributed by atoms with van der Waals surface area (Å²) in [4.78, 5) is 0. The van der Waals surface area contributed by atoms with E-state index in [4.69, 9.17) is 0 Å². The fourth-order valence-corrected chi connectivity index (χ4v) is 2.80. The maximum absolute atomic E-state index is 13.1. The smallest absolute Gasteiger partial charge is 0.305 e. The number of aromatic nitrogens is 3. The van der Waals surface area contributed by atoms with Gasteiger partial charge in [-0.1, -0.05) is 18.2 Å². The van der Waals surface area contributed by atoms with Crippen LogP contribution in [0.15, 0.2) is 24.3 Å². The van der Waals surface area contributed by atoms with Gasteiger partial charge >= 0.3 is 12.4 Å². The number of hydrogen-bond donors (Lipinski definition) is 1. The molecular weight excluding hydrogens is 338 g/mol. The van der Waals surface area contributed by atoms with Crippen molar-refractivity contribution in [1.82, 2.24) is 20.1 Å². The van der Waals surface area contributed by atoms with Gasteiger partial charge in [0.15, 0.2) is 5.82 Å². The molecule has 2 aromatic rings. The van der Waals surface area contributed by atoms with E-state index in [1.807, 2.05) is 0 Å². The summed E-state index contributed by atoms with van der Waals surface area (Å²) in [6, 6.07) is 4.21. The predicted molar refractivity (Wildman–Crippen MR) is 70.9 cm³/mol. The highest BCUT2D eigenvalue weighted by Gasteiger charge is 2.41. The normalized spacial score (nSPS) is 18.5. The molecule has 130 valence electrons. The molecule has 2 heterocycles. The zero-order valence-corrected chi connectivity index (χ0v) is 12.1. The van der Waals surface area contributed by atoms with E-state index in [2.05, 4.69) is 15.5 Å². The number of rotatable bonds is 2. The first-order valence-corrected chi connectivity index (χ1v) is 7.06. The number of halogens is 6. The second-order valence-corrected chi connectivity index (χ2v) is 5.40. The summed E-state index contributed by atoms with van der Waals surface area (Å²) in [5, 5.41) is 9.61. The average molecular weight is 350 g/mol. The lowest BCUT2D eigenvalue weighted by Crippen LogP contribution is -2.36. The summed E-state index contributed by atoms with van der Waals surface area (Å²) >= 11 is 0. The Morgan fingerprint density at radius 1 is 1.04 bits per heavy atom. The lowest BCUT2D eigenvalue weighted by Gasteiger charge is -2.26. The molecule has 1 atom stereocenters. The molecule has 0 spiro atoms. The minimum Gasteiger partial charge on any atom is -0.305 e. The van der Waals surface area contributed by atoms with Gasteiger partial charge in [0, 0.05) is 13.1 Å². The third kappa shape index (κ3) is 3.10. The van der Waals surface area contributed by atoms with Crippen LogP contribution in [-0.2, 0) is 25.3 Å². The maximum atomic E-state index is 13.1. The first-order chi connectivity index (χ1) is 11.2. The Kier molecular flexibility index (Phi) is 4.02. The zero-order valence-electron chi connectivity index (χ0n) is 12.1. The van der Waals surface area contributed by atoms with E-state index in [-0.39, 0.29) is 30.9 Å². The summed E-state index contributed by atoms with van der Waals surface area (Å²) in [7, 11) is 0. The van der Waals surface area contributed by atoms with Crippen molar-refractivity contribution in [2.24, 2.45) is 0 Å². The molecule has 1 aliphatic heterocycles. The molecule has 0 amide bonds. The fourth-order valence-electron chi connectivity index (χ4n) is 2.80. The number of hydrogen-bond acceptors (Lipinski definition) is 3. The van der Waals surface area contributed by atoms with Crippen LogP contribution in [0.1, 0.15) is 28.8 Å². The molecule has 4 nitrogen and oxygen atoms in total. The monoisotopic (exact) mass is 350 g/mol. The summed E-state index contributed by atoms with van der Waals surface area (Å²) < 4.78 is 78.8. The molecule has 1 aromatic carbocycles. The maximum Gasteiger partial charge on any atom is 0.451 e. The Bertz CT molecular complexity index is 734. The van der Waals surface area contributed by atoms with Gasteiger partial charge in [-0.05, 0) is 18.1 Å². The molecule has 0 fully saturated rings. The number of benzene rings is 1. The van der Waals surface area contributed by atoms with Crippen molar-refractivity contribution >= 4 is 0 Å². The average Bonchev–Trinajstić information content (AvgIpc) is 2.92. The highest BCUT2D eigenvalue weighted by atomic mass is 19.4. The Morgan fingerprint density at radius 2 is 1.75 bits per heavy atom. The molecule has 0 saturated carbocycles. The topological polar surface area (TPSA) is 42.7 Å². The van der Waals surface area contributed by atoms with Gasteiger partial charge in [-0.2, -0.15) is 26.3 Å². The Labute approximate surface area is 132 Å². The molecule has 1 unspecified atom stereocenters. The van der Waals surface area contributed by atoms with Crippen molar-refractivity contribution in [3.63, 3.8) is 0 Å². The van der Waals surface area contributed by atoms with Crippen molar-refractivity contribution in [2.75, 3.05) is 6.54 Å². The first kappa shape index (κ1) is 16.7. The van der Waals surface area contributed by atoms with E-state index in [9.17, 15) is 26.3 Å². The molecule has 0 aliphatic carbocycles. The Balaban J connectivity index is 1.94. The standard InChI is InChI=1S/C14H12F6N4/c15-13(16,17)9-4-2-1-3-8(9)7-10-11-22-23-12(14(18,19)20)24(11)6-5-21-10/h1-4,10,21H,5-7H2. The first-order valence-electron chi connectivity index (χ1n) is 7.06. The SMILES string of the molecule is FC(F)(F)c1ccccc1CC1NCCn2c1nnc2C(F)(F)F. The van der Waals surface area contributed by atoms with Crippen LogP contribution in [0.3, 0.4) is 0 Å². The molecule has 0 saturated heterocycles. The number of nitrogens with one attached hydrogen (secondary N) is 1. The van der Waals surface area contributed by atoms with Crippen LogP contribution in [0, 0.1) is 0 Å². The molecule has 24 heavy (non-hydrogen) atoms. The van der Waals surface area contributed by atoms with E-state index in [1.165, 1.54) is 18.2 Å². The van der Waals surface area contributed by atoms with Gasteiger partial charge < -0.3 is 9.88 Å². The summed E-state index contributed by atoms with van der Waals surface area (Å²) in [5.41, 5.74) is -0.813. The highest BCUT2D eigenvalue weighted by molar-refractivity contribution is 5.31. The molecule has 1 aliphatic rings. The minimum atomic E-state index is -4.66. The predicted octanol–water partition coefficient (Wildman–Crippen LogP) is 3.20. The second-order valence-electron chi connectivity index (χ2n) is 5.40. The molecule has 0 bridgehead atoms. The molecule has 3 rings (SSSR count). The third-order valence-corrected chi connectivity index (χ3v) is 3.82. The van der Waals surface area contributed by atoms with Gasteiger partial charge in [0.05, 0.1) is 11.6 Å². The third-order valence-electron chi connectivity index (χ3n) is 3.82. The van der Waals surface area contributed by atoms with Gasteiger partial charge in [-0.3, -0.25) is 0 Å². The van der Waals surface area contributed by atoms with Crippen LogP contribution in [0.25, 0.3) is 0 Å². The van der Waals surface area contributed by atoms with E-state index < -0.39 is 29.8 Å². The van der Waals surface area contributed by atoms with Gasteiger partial charge in [-0.15, -0.1) is 10.2 Å². The Morgan fingerprint density at radius 3 is 2.42 bits per heavy atom. The van der Waals surface area contributed by atoms with Crippen LogP contribution >= 0.6 is 0 Å². The van der Waals surface area contributed by atoms with Crippen LogP contribution < -0.4 is 5.32 Å². The van der Waals surface area contributed by atoms with E-state index in [0.29, 0.717) is 0 Å². The molecule has 0 radical (unpaired) electrons. The zero-order chi connectivity index (χ0) is 17.5. The highest BCUT2D eigenvalue weighted by Crippen LogP contribution is 2.35. The Hall–Kier alpha value is -2.10.